The third-order valence-electron chi connectivity index (χ3n) is 4.74. The van der Waals surface area contributed by atoms with Gasteiger partial charge in [-0.1, -0.05) is 30.3 Å². The van der Waals surface area contributed by atoms with Gasteiger partial charge in [0.1, 0.15) is 0 Å². The van der Waals surface area contributed by atoms with Crippen LogP contribution in [-0.2, 0) is 11.2 Å². The van der Waals surface area contributed by atoms with Gasteiger partial charge in [-0.2, -0.15) is 0 Å². The van der Waals surface area contributed by atoms with Crippen molar-refractivity contribution >= 4 is 5.91 Å². The first-order valence-corrected chi connectivity index (χ1v) is 7.97. The molecule has 1 aromatic carbocycles. The molecule has 1 amide bonds. The van der Waals surface area contributed by atoms with Gasteiger partial charge in [0.15, 0.2) is 0 Å². The van der Waals surface area contributed by atoms with Crippen LogP contribution in [0.1, 0.15) is 18.4 Å². The van der Waals surface area contributed by atoms with Crippen LogP contribution in [0.15, 0.2) is 30.3 Å². The second kappa shape index (κ2) is 6.58. The van der Waals surface area contributed by atoms with Crippen LogP contribution in [0.2, 0.25) is 0 Å². The van der Waals surface area contributed by atoms with Gasteiger partial charge in [0.05, 0.1) is 12.7 Å². The van der Waals surface area contributed by atoms with Gasteiger partial charge in [-0.25, -0.2) is 0 Å². The summed E-state index contributed by atoms with van der Waals surface area (Å²) in [6.07, 6.45) is 3.22. The minimum atomic E-state index is -0.0429. The monoisotopic (exact) mass is 287 g/mol. The third-order valence-corrected chi connectivity index (χ3v) is 4.74. The molecule has 2 aliphatic rings. The van der Waals surface area contributed by atoms with Crippen LogP contribution in [0, 0.1) is 5.92 Å². The van der Waals surface area contributed by atoms with Crippen molar-refractivity contribution in [1.29, 1.82) is 0 Å². The highest BCUT2D eigenvalue weighted by molar-refractivity contribution is 5.84. The second-order valence-electron chi connectivity index (χ2n) is 6.41. The van der Waals surface area contributed by atoms with Gasteiger partial charge in [-0.15, -0.1) is 0 Å². The summed E-state index contributed by atoms with van der Waals surface area (Å²) in [6.45, 7) is 3.95. The zero-order valence-electron chi connectivity index (χ0n) is 12.8. The van der Waals surface area contributed by atoms with Crippen molar-refractivity contribution in [3.05, 3.63) is 35.9 Å². The van der Waals surface area contributed by atoms with E-state index >= 15 is 0 Å². The van der Waals surface area contributed by atoms with Crippen LogP contribution in [0.25, 0.3) is 0 Å². The molecule has 1 unspecified atom stereocenters. The van der Waals surface area contributed by atoms with E-state index in [1.807, 2.05) is 23.1 Å². The number of amides is 1. The molecule has 1 atom stereocenters. The van der Waals surface area contributed by atoms with E-state index in [1.165, 1.54) is 18.4 Å². The Kier molecular flexibility index (Phi) is 4.56. The van der Waals surface area contributed by atoms with E-state index < -0.39 is 0 Å². The topological polar surface area (TPSA) is 35.6 Å². The predicted octanol–water partition coefficient (Wildman–Crippen LogP) is 1.33. The number of hydrogen-bond donors (Lipinski definition) is 1. The molecule has 0 bridgehead atoms. The standard InChI is InChI=1S/C17H25N3O/c1-19-9-7-15(8-10-19)12-20-13-18-16(17(20)21)11-14-5-3-2-4-6-14/h2-6,15-16,18H,7-13H2,1H3. The lowest BCUT2D eigenvalue weighted by Crippen LogP contribution is -2.39. The van der Waals surface area contributed by atoms with Crippen LogP contribution in [0.4, 0.5) is 0 Å². The first-order valence-electron chi connectivity index (χ1n) is 7.97. The average molecular weight is 287 g/mol. The molecule has 0 spiro atoms. The summed E-state index contributed by atoms with van der Waals surface area (Å²) in [5.41, 5.74) is 1.23. The van der Waals surface area contributed by atoms with E-state index in [4.69, 9.17) is 0 Å². The predicted molar refractivity (Wildman–Crippen MR) is 83.9 cm³/mol. The fourth-order valence-corrected chi connectivity index (χ4v) is 3.33. The minimum absolute atomic E-state index is 0.0429. The smallest absolute Gasteiger partial charge is 0.241 e. The summed E-state index contributed by atoms with van der Waals surface area (Å²) in [4.78, 5) is 16.9. The Morgan fingerprint density at radius 3 is 2.62 bits per heavy atom. The van der Waals surface area contributed by atoms with Crippen molar-refractivity contribution < 1.29 is 4.79 Å². The largest absolute Gasteiger partial charge is 0.328 e. The second-order valence-corrected chi connectivity index (χ2v) is 6.41. The summed E-state index contributed by atoms with van der Waals surface area (Å²) in [5.74, 6) is 0.945. The number of nitrogens with zero attached hydrogens (tertiary/aromatic N) is 2. The number of benzene rings is 1. The van der Waals surface area contributed by atoms with Gasteiger partial charge in [0, 0.05) is 6.54 Å². The number of carbonyl (C=O) groups excluding carboxylic acids is 1. The number of carbonyl (C=O) groups is 1. The number of rotatable bonds is 4. The van der Waals surface area contributed by atoms with E-state index in [-0.39, 0.29) is 11.9 Å². The lowest BCUT2D eigenvalue weighted by Gasteiger charge is -2.31. The zero-order chi connectivity index (χ0) is 14.7. The van der Waals surface area contributed by atoms with Gasteiger partial charge in [0.2, 0.25) is 5.91 Å². The summed E-state index contributed by atoms with van der Waals surface area (Å²) in [7, 11) is 2.18. The lowest BCUT2D eigenvalue weighted by molar-refractivity contribution is -0.129. The molecule has 2 heterocycles. The third kappa shape index (κ3) is 3.63. The highest BCUT2D eigenvalue weighted by atomic mass is 16.2. The van der Waals surface area contributed by atoms with Crippen LogP contribution < -0.4 is 5.32 Å². The Hall–Kier alpha value is -1.39. The molecule has 2 saturated heterocycles. The van der Waals surface area contributed by atoms with E-state index in [0.717, 1.165) is 26.1 Å². The molecular formula is C17H25N3O. The van der Waals surface area contributed by atoms with E-state index in [9.17, 15) is 4.79 Å². The molecule has 3 rings (SSSR count). The van der Waals surface area contributed by atoms with Gasteiger partial charge in [-0.05, 0) is 50.9 Å². The van der Waals surface area contributed by atoms with Crippen molar-refractivity contribution in [1.82, 2.24) is 15.1 Å². The van der Waals surface area contributed by atoms with Crippen molar-refractivity contribution in [2.75, 3.05) is 33.4 Å². The quantitative estimate of drug-likeness (QED) is 0.907. The highest BCUT2D eigenvalue weighted by Crippen LogP contribution is 2.19. The summed E-state index contributed by atoms with van der Waals surface area (Å²) >= 11 is 0. The highest BCUT2D eigenvalue weighted by Gasteiger charge is 2.32. The molecule has 0 aromatic heterocycles. The van der Waals surface area contributed by atoms with Gasteiger partial charge in [0.25, 0.3) is 0 Å². The molecule has 2 aliphatic heterocycles. The average Bonchev–Trinajstić information content (AvgIpc) is 2.84. The molecule has 0 aliphatic carbocycles. The van der Waals surface area contributed by atoms with Crippen LogP contribution in [-0.4, -0.2) is 55.1 Å². The fraction of sp³-hybridized carbons (Fsp3) is 0.588. The fourth-order valence-electron chi connectivity index (χ4n) is 3.33. The molecule has 2 fully saturated rings. The summed E-state index contributed by atoms with van der Waals surface area (Å²) in [6, 6.07) is 10.2. The minimum Gasteiger partial charge on any atom is -0.328 e. The first-order chi connectivity index (χ1) is 10.2. The number of piperidine rings is 1. The maximum atomic E-state index is 12.5. The Bertz CT molecular complexity index is 468. The van der Waals surface area contributed by atoms with E-state index in [2.05, 4.69) is 29.4 Å². The van der Waals surface area contributed by atoms with Crippen LogP contribution in [0.3, 0.4) is 0 Å². The van der Waals surface area contributed by atoms with E-state index in [0.29, 0.717) is 12.6 Å². The van der Waals surface area contributed by atoms with Gasteiger partial charge < -0.3 is 9.80 Å². The Morgan fingerprint density at radius 1 is 1.19 bits per heavy atom. The number of hydrogen-bond acceptors (Lipinski definition) is 3. The van der Waals surface area contributed by atoms with Crippen molar-refractivity contribution in [3.8, 4) is 0 Å². The lowest BCUT2D eigenvalue weighted by atomic mass is 9.96. The Morgan fingerprint density at radius 2 is 1.90 bits per heavy atom. The molecule has 114 valence electrons. The summed E-state index contributed by atoms with van der Waals surface area (Å²) < 4.78 is 0. The molecule has 21 heavy (non-hydrogen) atoms. The zero-order valence-corrected chi connectivity index (χ0v) is 12.8. The number of nitrogens with one attached hydrogen (secondary N) is 1. The van der Waals surface area contributed by atoms with Gasteiger partial charge >= 0.3 is 0 Å². The number of likely N-dealkylation sites (tertiary alicyclic amines) is 1. The molecule has 4 nitrogen and oxygen atoms in total. The van der Waals surface area contributed by atoms with Crippen molar-refractivity contribution in [2.24, 2.45) is 5.92 Å². The van der Waals surface area contributed by atoms with Crippen LogP contribution in [0.5, 0.6) is 0 Å². The molecule has 1 aromatic rings. The van der Waals surface area contributed by atoms with Crippen molar-refractivity contribution in [3.63, 3.8) is 0 Å². The summed E-state index contributed by atoms with van der Waals surface area (Å²) in [5, 5.41) is 3.37. The SMILES string of the molecule is CN1CCC(CN2CNC(Cc3ccccc3)C2=O)CC1. The maximum Gasteiger partial charge on any atom is 0.241 e. The maximum absolute atomic E-state index is 12.5. The molecule has 4 heteroatoms. The molecule has 0 saturated carbocycles. The Labute approximate surface area is 127 Å². The molecule has 1 N–H and O–H groups in total. The molecular weight excluding hydrogens is 262 g/mol. The normalized spacial score (nSPS) is 24.7. The van der Waals surface area contributed by atoms with Crippen molar-refractivity contribution in [2.45, 2.75) is 25.3 Å². The first kappa shape index (κ1) is 14.5. The Balaban J connectivity index is 1.52. The van der Waals surface area contributed by atoms with Crippen LogP contribution >= 0.6 is 0 Å². The molecule has 0 radical (unpaired) electrons. The van der Waals surface area contributed by atoms with Gasteiger partial charge in [-0.3, -0.25) is 10.1 Å². The van der Waals surface area contributed by atoms with E-state index in [1.54, 1.807) is 0 Å².